The first-order valence-corrected chi connectivity index (χ1v) is 8.40. The second kappa shape index (κ2) is 5.90. The summed E-state index contributed by atoms with van der Waals surface area (Å²) in [6.45, 7) is 4.70. The lowest BCUT2D eigenvalue weighted by molar-refractivity contribution is 0.874. The first-order chi connectivity index (χ1) is 10.2. The Labute approximate surface area is 129 Å². The van der Waals surface area contributed by atoms with Gasteiger partial charge in [0.1, 0.15) is 5.01 Å². The highest BCUT2D eigenvalue weighted by molar-refractivity contribution is 7.20. The summed E-state index contributed by atoms with van der Waals surface area (Å²) >= 11 is 3.07. The lowest BCUT2D eigenvalue weighted by Gasteiger charge is -1.96. The molecule has 0 bridgehead atoms. The van der Waals surface area contributed by atoms with Gasteiger partial charge in [-0.05, 0) is 12.8 Å². The second-order valence-corrected chi connectivity index (χ2v) is 6.62. The Hall–Kier alpha value is -1.80. The van der Waals surface area contributed by atoms with E-state index in [0.29, 0.717) is 16.6 Å². The van der Waals surface area contributed by atoms with Gasteiger partial charge in [0.05, 0.1) is 6.54 Å². The van der Waals surface area contributed by atoms with E-state index in [0.717, 1.165) is 23.5 Å². The molecule has 0 aliphatic carbocycles. The number of aryl methyl sites for hydroxylation is 2. The van der Waals surface area contributed by atoms with E-state index in [2.05, 4.69) is 27.3 Å². The van der Waals surface area contributed by atoms with Crippen molar-refractivity contribution in [3.05, 3.63) is 38.2 Å². The Bertz CT molecular complexity index is 819. The highest BCUT2D eigenvalue weighted by Crippen LogP contribution is 2.19. The summed E-state index contributed by atoms with van der Waals surface area (Å²) in [5.41, 5.74) is 0.659. The van der Waals surface area contributed by atoms with E-state index in [1.54, 1.807) is 11.3 Å². The molecule has 0 aromatic carbocycles. The molecule has 0 atom stereocenters. The van der Waals surface area contributed by atoms with E-state index in [1.807, 2.05) is 13.1 Å². The molecule has 3 aromatic rings. The molecule has 0 saturated heterocycles. The summed E-state index contributed by atoms with van der Waals surface area (Å²) in [7, 11) is 0. The van der Waals surface area contributed by atoms with Crippen LogP contribution < -0.4 is 10.9 Å². The SMILES string of the molecule is CCc1cc(=O)n2nc(NCc3ncc(CC)s3)sc2n1. The number of anilines is 1. The molecule has 110 valence electrons. The third kappa shape index (κ3) is 2.96. The van der Waals surface area contributed by atoms with E-state index in [4.69, 9.17) is 0 Å². The molecule has 0 aliphatic heterocycles. The highest BCUT2D eigenvalue weighted by atomic mass is 32.1. The van der Waals surface area contributed by atoms with Crippen molar-refractivity contribution in [3.63, 3.8) is 0 Å². The van der Waals surface area contributed by atoms with Gasteiger partial charge >= 0.3 is 0 Å². The van der Waals surface area contributed by atoms with Gasteiger partial charge in [-0.25, -0.2) is 9.97 Å². The van der Waals surface area contributed by atoms with Gasteiger partial charge in [-0.3, -0.25) is 4.79 Å². The Balaban J connectivity index is 1.81. The third-order valence-electron chi connectivity index (χ3n) is 3.00. The predicted molar refractivity (Wildman–Crippen MR) is 85.3 cm³/mol. The minimum Gasteiger partial charge on any atom is -0.354 e. The zero-order valence-corrected chi connectivity index (χ0v) is 13.4. The van der Waals surface area contributed by atoms with Crippen LogP contribution in [0.5, 0.6) is 0 Å². The molecule has 0 saturated carbocycles. The summed E-state index contributed by atoms with van der Waals surface area (Å²) in [5.74, 6) is 0. The maximum Gasteiger partial charge on any atom is 0.275 e. The second-order valence-electron chi connectivity index (χ2n) is 4.47. The van der Waals surface area contributed by atoms with Crippen molar-refractivity contribution < 1.29 is 0 Å². The Morgan fingerprint density at radius 3 is 2.86 bits per heavy atom. The number of nitrogens with one attached hydrogen (secondary N) is 1. The summed E-state index contributed by atoms with van der Waals surface area (Å²) < 4.78 is 1.34. The summed E-state index contributed by atoms with van der Waals surface area (Å²) in [5, 5.41) is 9.16. The van der Waals surface area contributed by atoms with Crippen LogP contribution in [-0.4, -0.2) is 19.6 Å². The van der Waals surface area contributed by atoms with Gasteiger partial charge in [0.15, 0.2) is 0 Å². The van der Waals surface area contributed by atoms with Crippen LogP contribution in [0.4, 0.5) is 5.13 Å². The van der Waals surface area contributed by atoms with Gasteiger partial charge in [-0.1, -0.05) is 25.2 Å². The van der Waals surface area contributed by atoms with Crippen molar-refractivity contribution in [2.24, 2.45) is 0 Å². The fraction of sp³-hybridized carbons (Fsp3) is 0.385. The summed E-state index contributed by atoms with van der Waals surface area (Å²) in [6, 6.07) is 1.53. The standard InChI is InChI=1S/C13H15N5OS2/c1-3-8-5-11(19)18-13(16-8)21-12(17-18)15-7-10-14-6-9(4-2)20-10/h5-6H,3-4,7H2,1-2H3,(H,15,17). The number of rotatable bonds is 5. The topological polar surface area (TPSA) is 72.2 Å². The van der Waals surface area contributed by atoms with Crippen LogP contribution in [0.25, 0.3) is 4.96 Å². The fourth-order valence-electron chi connectivity index (χ4n) is 1.85. The number of hydrogen-bond acceptors (Lipinski definition) is 7. The molecule has 0 radical (unpaired) electrons. The molecule has 8 heteroatoms. The lowest BCUT2D eigenvalue weighted by atomic mass is 10.3. The van der Waals surface area contributed by atoms with Crippen LogP contribution in [0, 0.1) is 0 Å². The van der Waals surface area contributed by atoms with Gasteiger partial charge in [-0.2, -0.15) is 4.52 Å². The first-order valence-electron chi connectivity index (χ1n) is 6.76. The zero-order chi connectivity index (χ0) is 14.8. The normalized spacial score (nSPS) is 11.1. The number of hydrogen-bond donors (Lipinski definition) is 1. The summed E-state index contributed by atoms with van der Waals surface area (Å²) in [4.78, 5) is 22.6. The Kier molecular flexibility index (Phi) is 3.98. The van der Waals surface area contributed by atoms with Gasteiger partial charge in [0.2, 0.25) is 10.1 Å². The zero-order valence-electron chi connectivity index (χ0n) is 11.8. The quantitative estimate of drug-likeness (QED) is 0.781. The highest BCUT2D eigenvalue weighted by Gasteiger charge is 2.09. The van der Waals surface area contributed by atoms with E-state index >= 15 is 0 Å². The monoisotopic (exact) mass is 321 g/mol. The van der Waals surface area contributed by atoms with Gasteiger partial charge in [0, 0.05) is 22.8 Å². The molecule has 1 N–H and O–H groups in total. The molecule has 3 aromatic heterocycles. The molecule has 6 nitrogen and oxygen atoms in total. The van der Waals surface area contributed by atoms with E-state index in [1.165, 1.54) is 26.8 Å². The van der Waals surface area contributed by atoms with Crippen molar-refractivity contribution in [1.82, 2.24) is 19.6 Å². The summed E-state index contributed by atoms with van der Waals surface area (Å²) in [6.07, 6.45) is 3.64. The van der Waals surface area contributed by atoms with Crippen LogP contribution in [0.2, 0.25) is 0 Å². The first kappa shape index (κ1) is 14.2. The average molecular weight is 321 g/mol. The molecule has 3 heterocycles. The van der Waals surface area contributed by atoms with Crippen molar-refractivity contribution in [2.75, 3.05) is 5.32 Å². The number of fused-ring (bicyclic) bond motifs is 1. The van der Waals surface area contributed by atoms with Crippen molar-refractivity contribution in [2.45, 2.75) is 33.2 Å². The molecule has 21 heavy (non-hydrogen) atoms. The molecule has 0 fully saturated rings. The van der Waals surface area contributed by atoms with Crippen LogP contribution in [0.15, 0.2) is 17.1 Å². The Morgan fingerprint density at radius 2 is 2.14 bits per heavy atom. The third-order valence-corrected chi connectivity index (χ3v) is 5.01. The van der Waals surface area contributed by atoms with Crippen LogP contribution in [-0.2, 0) is 19.4 Å². The fourth-order valence-corrected chi connectivity index (χ4v) is 3.48. The van der Waals surface area contributed by atoms with E-state index in [-0.39, 0.29) is 5.56 Å². The maximum absolute atomic E-state index is 11.9. The molecule has 3 rings (SSSR count). The molecule has 0 amide bonds. The molecule has 0 aliphatic rings. The van der Waals surface area contributed by atoms with E-state index in [9.17, 15) is 4.79 Å². The molecular weight excluding hydrogens is 306 g/mol. The minimum atomic E-state index is -0.135. The van der Waals surface area contributed by atoms with Crippen molar-refractivity contribution in [1.29, 1.82) is 0 Å². The van der Waals surface area contributed by atoms with Crippen LogP contribution >= 0.6 is 22.7 Å². The number of aromatic nitrogens is 4. The minimum absolute atomic E-state index is 0.135. The maximum atomic E-state index is 11.9. The largest absolute Gasteiger partial charge is 0.354 e. The van der Waals surface area contributed by atoms with Crippen molar-refractivity contribution in [3.8, 4) is 0 Å². The molecule has 0 spiro atoms. The Morgan fingerprint density at radius 1 is 1.29 bits per heavy atom. The predicted octanol–water partition coefficient (Wildman–Crippen LogP) is 2.34. The number of thiazole rings is 1. The van der Waals surface area contributed by atoms with Crippen LogP contribution in [0.1, 0.15) is 29.4 Å². The van der Waals surface area contributed by atoms with Crippen molar-refractivity contribution >= 4 is 32.8 Å². The number of nitrogens with zero attached hydrogens (tertiary/aromatic N) is 4. The average Bonchev–Trinajstić information content (AvgIpc) is 3.11. The van der Waals surface area contributed by atoms with E-state index < -0.39 is 0 Å². The molecular formula is C13H15N5OS2. The molecule has 0 unspecified atom stereocenters. The smallest absolute Gasteiger partial charge is 0.275 e. The lowest BCUT2D eigenvalue weighted by Crippen LogP contribution is -2.15. The van der Waals surface area contributed by atoms with Gasteiger partial charge < -0.3 is 5.32 Å². The van der Waals surface area contributed by atoms with Gasteiger partial charge in [0.25, 0.3) is 5.56 Å². The van der Waals surface area contributed by atoms with Crippen LogP contribution in [0.3, 0.4) is 0 Å². The van der Waals surface area contributed by atoms with Gasteiger partial charge in [-0.15, -0.1) is 16.4 Å².